The van der Waals surface area contributed by atoms with Crippen molar-refractivity contribution in [3.8, 4) is 0 Å². The van der Waals surface area contributed by atoms with Gasteiger partial charge in [-0.1, -0.05) is 0 Å². The lowest BCUT2D eigenvalue weighted by atomic mass is 9.92. The number of halogens is 1. The van der Waals surface area contributed by atoms with Gasteiger partial charge in [-0.05, 0) is 37.1 Å². The third-order valence-corrected chi connectivity index (χ3v) is 4.77. The van der Waals surface area contributed by atoms with Crippen molar-refractivity contribution in [3.05, 3.63) is 46.0 Å². The number of nitrogens with one attached hydrogen (secondary N) is 3. The fourth-order valence-electron chi connectivity index (χ4n) is 3.42. The Morgan fingerprint density at radius 3 is 2.59 bits per heavy atom. The van der Waals surface area contributed by atoms with Crippen molar-refractivity contribution in [1.29, 1.82) is 0 Å². The molecule has 2 amide bonds. The minimum Gasteiger partial charge on any atom is -0.342 e. The summed E-state index contributed by atoms with van der Waals surface area (Å²) in [7, 11) is 0. The first-order valence-electron chi connectivity index (χ1n) is 8.77. The lowest BCUT2D eigenvalue weighted by Gasteiger charge is -2.25. The number of carbonyl (C=O) groups is 2. The molecule has 140 valence electrons. The molecule has 0 saturated carbocycles. The fraction of sp³-hybridized carbons (Fsp3) is 0.333. The molecule has 9 heteroatoms. The van der Waals surface area contributed by atoms with Crippen LogP contribution in [-0.2, 0) is 9.59 Å². The van der Waals surface area contributed by atoms with Gasteiger partial charge in [0.2, 0.25) is 17.8 Å². The molecule has 0 aliphatic carbocycles. The van der Waals surface area contributed by atoms with Crippen molar-refractivity contribution in [2.24, 2.45) is 0 Å². The van der Waals surface area contributed by atoms with E-state index >= 15 is 0 Å². The van der Waals surface area contributed by atoms with E-state index in [0.29, 0.717) is 11.6 Å². The van der Waals surface area contributed by atoms with Gasteiger partial charge >= 0.3 is 0 Å². The minimum atomic E-state index is -0.970. The van der Waals surface area contributed by atoms with Gasteiger partial charge in [0.15, 0.2) is 0 Å². The first kappa shape index (κ1) is 17.2. The van der Waals surface area contributed by atoms with E-state index in [1.807, 2.05) is 4.90 Å². The predicted octanol–water partition coefficient (Wildman–Crippen LogP) is 1.57. The monoisotopic (exact) mass is 371 g/mol. The SMILES string of the molecule is O=C1C[C@H](C(=O)Nc2ccc(F)cc2)c2c(nc(N3CCCC3)[nH]c2=O)N1. The molecule has 0 bridgehead atoms. The van der Waals surface area contributed by atoms with Crippen LogP contribution in [0.15, 0.2) is 29.1 Å². The maximum Gasteiger partial charge on any atom is 0.258 e. The number of fused-ring (bicyclic) bond motifs is 1. The molecule has 1 saturated heterocycles. The van der Waals surface area contributed by atoms with Crippen LogP contribution in [0, 0.1) is 5.82 Å². The molecule has 1 aromatic heterocycles. The topological polar surface area (TPSA) is 107 Å². The average molecular weight is 371 g/mol. The molecule has 0 unspecified atom stereocenters. The molecule has 1 fully saturated rings. The Hall–Kier alpha value is -3.23. The summed E-state index contributed by atoms with van der Waals surface area (Å²) in [6, 6.07) is 5.26. The number of nitrogens with zero attached hydrogens (tertiary/aromatic N) is 2. The summed E-state index contributed by atoms with van der Waals surface area (Å²) >= 11 is 0. The maximum atomic E-state index is 13.0. The van der Waals surface area contributed by atoms with Crippen LogP contribution >= 0.6 is 0 Å². The normalized spacial score (nSPS) is 18.8. The summed E-state index contributed by atoms with van der Waals surface area (Å²) in [5, 5.41) is 5.22. The van der Waals surface area contributed by atoms with E-state index in [0.717, 1.165) is 25.9 Å². The summed E-state index contributed by atoms with van der Waals surface area (Å²) in [6.07, 6.45) is 1.86. The summed E-state index contributed by atoms with van der Waals surface area (Å²) in [5.41, 5.74) is 0.0744. The summed E-state index contributed by atoms with van der Waals surface area (Å²) in [5.74, 6) is -1.77. The second kappa shape index (κ2) is 6.82. The van der Waals surface area contributed by atoms with Gasteiger partial charge in [0.05, 0.1) is 11.5 Å². The van der Waals surface area contributed by atoms with E-state index in [1.165, 1.54) is 24.3 Å². The van der Waals surface area contributed by atoms with Gasteiger partial charge in [-0.3, -0.25) is 19.4 Å². The van der Waals surface area contributed by atoms with Gasteiger partial charge < -0.3 is 15.5 Å². The number of hydrogen-bond donors (Lipinski definition) is 3. The zero-order valence-electron chi connectivity index (χ0n) is 14.4. The number of rotatable bonds is 3. The summed E-state index contributed by atoms with van der Waals surface area (Å²) < 4.78 is 13.0. The van der Waals surface area contributed by atoms with Gasteiger partial charge in [-0.2, -0.15) is 4.98 Å². The zero-order valence-corrected chi connectivity index (χ0v) is 14.4. The van der Waals surface area contributed by atoms with Gasteiger partial charge in [-0.25, -0.2) is 4.39 Å². The molecule has 0 radical (unpaired) electrons. The highest BCUT2D eigenvalue weighted by atomic mass is 19.1. The Labute approximate surface area is 153 Å². The number of anilines is 3. The first-order chi connectivity index (χ1) is 13.0. The van der Waals surface area contributed by atoms with Crippen molar-refractivity contribution in [2.45, 2.75) is 25.2 Å². The summed E-state index contributed by atoms with van der Waals surface area (Å²) in [6.45, 7) is 1.56. The van der Waals surface area contributed by atoms with E-state index in [9.17, 15) is 18.8 Å². The lowest BCUT2D eigenvalue weighted by molar-refractivity contribution is -0.123. The Bertz CT molecular complexity index is 950. The molecule has 8 nitrogen and oxygen atoms in total. The fourth-order valence-corrected chi connectivity index (χ4v) is 3.42. The van der Waals surface area contributed by atoms with Crippen molar-refractivity contribution in [2.75, 3.05) is 28.6 Å². The molecule has 2 aliphatic rings. The second-order valence-electron chi connectivity index (χ2n) is 6.65. The molecule has 2 aliphatic heterocycles. The third kappa shape index (κ3) is 3.40. The van der Waals surface area contributed by atoms with Crippen LogP contribution < -0.4 is 21.1 Å². The van der Waals surface area contributed by atoms with Gasteiger partial charge in [0, 0.05) is 25.2 Å². The quantitative estimate of drug-likeness (QED) is 0.759. The van der Waals surface area contributed by atoms with Crippen molar-refractivity contribution < 1.29 is 14.0 Å². The van der Waals surface area contributed by atoms with Crippen LogP contribution in [-0.4, -0.2) is 34.9 Å². The van der Waals surface area contributed by atoms with Crippen LogP contribution in [0.25, 0.3) is 0 Å². The van der Waals surface area contributed by atoms with Gasteiger partial charge in [0.1, 0.15) is 11.6 Å². The molecule has 4 rings (SSSR count). The van der Waals surface area contributed by atoms with Crippen molar-refractivity contribution in [1.82, 2.24) is 9.97 Å². The zero-order chi connectivity index (χ0) is 19.0. The largest absolute Gasteiger partial charge is 0.342 e. The van der Waals surface area contributed by atoms with E-state index in [4.69, 9.17) is 0 Å². The van der Waals surface area contributed by atoms with Crippen LogP contribution in [0.2, 0.25) is 0 Å². The third-order valence-electron chi connectivity index (χ3n) is 4.77. The maximum absolute atomic E-state index is 13.0. The molecule has 2 aromatic rings. The van der Waals surface area contributed by atoms with Crippen molar-refractivity contribution in [3.63, 3.8) is 0 Å². The summed E-state index contributed by atoms with van der Waals surface area (Å²) in [4.78, 5) is 46.4. The van der Waals surface area contributed by atoms with Crippen LogP contribution in [0.4, 0.5) is 21.8 Å². The van der Waals surface area contributed by atoms with E-state index in [1.54, 1.807) is 0 Å². The molecular formula is C18H18FN5O3. The van der Waals surface area contributed by atoms with Crippen molar-refractivity contribution >= 4 is 29.3 Å². The highest BCUT2D eigenvalue weighted by molar-refractivity contribution is 6.04. The number of hydrogen-bond acceptors (Lipinski definition) is 5. The van der Waals surface area contributed by atoms with Gasteiger partial charge in [-0.15, -0.1) is 0 Å². The minimum absolute atomic E-state index is 0.121. The molecule has 3 N–H and O–H groups in total. The van der Waals surface area contributed by atoms with Crippen LogP contribution in [0.3, 0.4) is 0 Å². The van der Waals surface area contributed by atoms with Gasteiger partial charge in [0.25, 0.3) is 5.56 Å². The predicted molar refractivity (Wildman–Crippen MR) is 97.3 cm³/mol. The van der Waals surface area contributed by atoms with E-state index in [-0.39, 0.29) is 23.7 Å². The van der Waals surface area contributed by atoms with E-state index < -0.39 is 23.2 Å². The Kier molecular flexibility index (Phi) is 4.35. The van der Waals surface area contributed by atoms with E-state index in [2.05, 4.69) is 20.6 Å². The number of carbonyl (C=O) groups excluding carboxylic acids is 2. The first-order valence-corrected chi connectivity index (χ1v) is 8.77. The number of aromatic nitrogens is 2. The molecule has 0 spiro atoms. The number of H-pyrrole nitrogens is 1. The smallest absolute Gasteiger partial charge is 0.258 e. The number of benzene rings is 1. The standard InChI is InChI=1S/C18H18FN5O3/c19-10-3-5-11(6-4-10)20-16(26)12-9-13(25)21-15-14(12)17(27)23-18(22-15)24-7-1-2-8-24/h3-6,12H,1-2,7-9H2,(H,20,26)(H2,21,22,23,25,27)/t12-/m0/s1. The highest BCUT2D eigenvalue weighted by Crippen LogP contribution is 2.30. The molecule has 3 heterocycles. The van der Waals surface area contributed by atoms with Crippen LogP contribution in [0.5, 0.6) is 0 Å². The molecule has 27 heavy (non-hydrogen) atoms. The molecule has 1 aromatic carbocycles. The Balaban J connectivity index is 1.65. The average Bonchev–Trinajstić information content (AvgIpc) is 3.17. The number of aromatic amines is 1. The number of amides is 2. The molecular weight excluding hydrogens is 353 g/mol. The Morgan fingerprint density at radius 2 is 1.89 bits per heavy atom. The molecule has 1 atom stereocenters. The Morgan fingerprint density at radius 1 is 1.19 bits per heavy atom. The lowest BCUT2D eigenvalue weighted by Crippen LogP contribution is -2.37. The van der Waals surface area contributed by atoms with Crippen LogP contribution in [0.1, 0.15) is 30.7 Å². The highest BCUT2D eigenvalue weighted by Gasteiger charge is 2.35. The second-order valence-corrected chi connectivity index (χ2v) is 6.65.